The predicted molar refractivity (Wildman–Crippen MR) is 113 cm³/mol. The van der Waals surface area contributed by atoms with Crippen LogP contribution in [-0.2, 0) is 7.05 Å². The Morgan fingerprint density at radius 1 is 1.09 bits per heavy atom. The van der Waals surface area contributed by atoms with Crippen molar-refractivity contribution in [3.8, 4) is 17.1 Å². The number of nitrogens with one attached hydrogen (secondary N) is 1. The van der Waals surface area contributed by atoms with Gasteiger partial charge in [-0.15, -0.1) is 0 Å². The molecule has 0 spiro atoms. The lowest BCUT2D eigenvalue weighted by molar-refractivity contribution is -0.0897. The zero-order valence-electron chi connectivity index (χ0n) is 16.7. The van der Waals surface area contributed by atoms with Crippen LogP contribution in [0.15, 0.2) is 76.4 Å². The summed E-state index contributed by atoms with van der Waals surface area (Å²) in [4.78, 5) is 4.88. The summed E-state index contributed by atoms with van der Waals surface area (Å²) in [5.74, 6) is -1.43. The molecule has 4 rings (SSSR count). The van der Waals surface area contributed by atoms with Gasteiger partial charge in [-0.3, -0.25) is 0 Å². The van der Waals surface area contributed by atoms with Crippen LogP contribution in [0.5, 0.6) is 5.75 Å². The molecule has 0 aliphatic carbocycles. The van der Waals surface area contributed by atoms with E-state index in [2.05, 4.69) is 15.4 Å². The van der Waals surface area contributed by atoms with Gasteiger partial charge in [0.25, 0.3) is 5.18 Å². The summed E-state index contributed by atoms with van der Waals surface area (Å²) >= 11 is 7.31. The van der Waals surface area contributed by atoms with Gasteiger partial charge in [0.05, 0.1) is 11.1 Å². The number of rotatable bonds is 5. The average molecular weight is 501 g/mol. The second-order valence-corrected chi connectivity index (χ2v) is 8.44. The highest BCUT2D eigenvalue weighted by molar-refractivity contribution is 7.99. The first kappa shape index (κ1) is 23.1. The van der Waals surface area contributed by atoms with Crippen LogP contribution in [0.25, 0.3) is 11.4 Å². The molecule has 0 saturated heterocycles. The molecule has 3 aromatic rings. The van der Waals surface area contributed by atoms with E-state index in [0.717, 1.165) is 30.5 Å². The van der Waals surface area contributed by atoms with E-state index in [0.29, 0.717) is 10.1 Å². The lowest BCUT2D eigenvalue weighted by Crippen LogP contribution is -2.43. The number of benzene rings is 2. The van der Waals surface area contributed by atoms with Gasteiger partial charge >= 0.3 is 6.18 Å². The summed E-state index contributed by atoms with van der Waals surface area (Å²) in [6.45, 7) is 0. The Bertz CT molecular complexity index is 1220. The van der Waals surface area contributed by atoms with Gasteiger partial charge in [-0.2, -0.15) is 18.3 Å². The minimum absolute atomic E-state index is 0.0941. The minimum atomic E-state index is -4.57. The Morgan fingerprint density at radius 2 is 1.76 bits per heavy atom. The van der Waals surface area contributed by atoms with Crippen molar-refractivity contribution < 1.29 is 26.7 Å². The molecule has 172 valence electrons. The zero-order valence-corrected chi connectivity index (χ0v) is 18.3. The van der Waals surface area contributed by atoms with Gasteiger partial charge in [0.1, 0.15) is 17.4 Å². The van der Waals surface area contributed by atoms with Gasteiger partial charge in [-0.1, -0.05) is 17.8 Å². The maximum atomic E-state index is 14.0. The fourth-order valence-corrected chi connectivity index (χ4v) is 3.96. The molecule has 1 unspecified atom stereocenters. The fraction of sp³-hybridized carbons (Fsp3) is 0.143. The van der Waals surface area contributed by atoms with Crippen LogP contribution >= 0.6 is 23.4 Å². The number of aryl methyl sites for hydroxylation is 1. The van der Waals surface area contributed by atoms with Gasteiger partial charge in [0.2, 0.25) is 0 Å². The quantitative estimate of drug-likeness (QED) is 0.273. The molecule has 0 radical (unpaired) electrons. The molecule has 0 amide bonds. The highest BCUT2D eigenvalue weighted by atomic mass is 35.5. The van der Waals surface area contributed by atoms with Crippen molar-refractivity contribution in [3.05, 3.63) is 78.0 Å². The lowest BCUT2D eigenvalue weighted by atomic mass is 10.2. The molecule has 5 nitrogen and oxygen atoms in total. The first-order valence-electron chi connectivity index (χ1n) is 9.30. The van der Waals surface area contributed by atoms with Crippen LogP contribution < -0.4 is 10.1 Å². The number of allylic oxidation sites excluding steroid dienone is 2. The Balaban J connectivity index is 1.50. The van der Waals surface area contributed by atoms with Gasteiger partial charge in [-0.05, 0) is 54.1 Å². The molecule has 0 saturated carbocycles. The fourth-order valence-electron chi connectivity index (χ4n) is 2.90. The number of alkyl halides is 4. The summed E-state index contributed by atoms with van der Waals surface area (Å²) < 4.78 is 73.8. The zero-order chi connectivity index (χ0) is 23.8. The summed E-state index contributed by atoms with van der Waals surface area (Å²) in [5, 5.41) is 5.07. The summed E-state index contributed by atoms with van der Waals surface area (Å²) in [7, 11) is 1.58. The number of halogens is 6. The highest BCUT2D eigenvalue weighted by Crippen LogP contribution is 2.35. The van der Waals surface area contributed by atoms with Crippen LogP contribution in [0.1, 0.15) is 0 Å². The molecule has 2 heterocycles. The van der Waals surface area contributed by atoms with E-state index in [-0.39, 0.29) is 17.1 Å². The van der Waals surface area contributed by atoms with Gasteiger partial charge in [-0.25, -0.2) is 18.4 Å². The molecule has 1 aliphatic rings. The Morgan fingerprint density at radius 3 is 2.39 bits per heavy atom. The SMILES string of the molecule is Cn1nc(-c2c(F)cccc2F)nc1Sc1ccc(OC2(Cl)C=C(C(F)(F)F)C=CN2)cc1. The van der Waals surface area contributed by atoms with Crippen molar-refractivity contribution in [2.75, 3.05) is 0 Å². The number of hydrogen-bond acceptors (Lipinski definition) is 5. The number of aromatic nitrogens is 3. The maximum absolute atomic E-state index is 14.0. The van der Waals surface area contributed by atoms with Crippen molar-refractivity contribution in [2.45, 2.75) is 21.4 Å². The van der Waals surface area contributed by atoms with Gasteiger partial charge in [0, 0.05) is 24.2 Å². The van der Waals surface area contributed by atoms with Crippen LogP contribution in [0, 0.1) is 11.6 Å². The second-order valence-electron chi connectivity index (χ2n) is 6.83. The lowest BCUT2D eigenvalue weighted by Gasteiger charge is -2.29. The van der Waals surface area contributed by atoms with Gasteiger partial charge < -0.3 is 10.1 Å². The van der Waals surface area contributed by atoms with E-state index in [1.165, 1.54) is 34.6 Å². The van der Waals surface area contributed by atoms with E-state index >= 15 is 0 Å². The third-order valence-corrected chi connectivity index (χ3v) is 5.76. The molecule has 1 aliphatic heterocycles. The molecule has 1 atom stereocenters. The molecule has 12 heteroatoms. The summed E-state index contributed by atoms with van der Waals surface area (Å²) in [6, 6.07) is 9.78. The summed E-state index contributed by atoms with van der Waals surface area (Å²) in [6.07, 6.45) is -1.92. The third kappa shape index (κ3) is 5.14. The Hall–Kier alpha value is -3.05. The number of nitrogens with zero attached hydrogens (tertiary/aromatic N) is 3. The number of dihydropyridines is 1. The van der Waals surface area contributed by atoms with E-state index in [1.54, 1.807) is 19.2 Å². The topological polar surface area (TPSA) is 52.0 Å². The van der Waals surface area contributed by atoms with Crippen LogP contribution in [0.4, 0.5) is 22.0 Å². The molecule has 33 heavy (non-hydrogen) atoms. The predicted octanol–water partition coefficient (Wildman–Crippen LogP) is 5.79. The van der Waals surface area contributed by atoms with Crippen molar-refractivity contribution in [3.63, 3.8) is 0 Å². The smallest absolute Gasteiger partial charge is 0.416 e. The van der Waals surface area contributed by atoms with E-state index in [1.807, 2.05) is 0 Å². The maximum Gasteiger partial charge on any atom is 0.416 e. The van der Waals surface area contributed by atoms with Crippen molar-refractivity contribution in [1.29, 1.82) is 0 Å². The molecule has 0 fully saturated rings. The van der Waals surface area contributed by atoms with E-state index < -0.39 is 28.6 Å². The van der Waals surface area contributed by atoms with Crippen molar-refractivity contribution in [2.24, 2.45) is 7.05 Å². The van der Waals surface area contributed by atoms with Crippen LogP contribution in [0.2, 0.25) is 0 Å². The van der Waals surface area contributed by atoms with Crippen molar-refractivity contribution >= 4 is 23.4 Å². The Kier molecular flexibility index (Phi) is 6.10. The molecular weight excluding hydrogens is 487 g/mol. The average Bonchev–Trinajstić information content (AvgIpc) is 3.08. The largest absolute Gasteiger partial charge is 0.451 e. The monoisotopic (exact) mass is 500 g/mol. The van der Waals surface area contributed by atoms with E-state index in [9.17, 15) is 22.0 Å². The molecule has 2 aromatic carbocycles. The standard InChI is InChI=1S/C21H14ClF5N4OS/c1-31-19(29-18(30-31)17-15(23)3-2-4-16(17)24)33-14-7-5-13(6-8-14)32-20(22)11-12(9-10-28-20)21(25,26)27/h2-11,28H,1H3. The number of ether oxygens (including phenoxy) is 1. The highest BCUT2D eigenvalue weighted by Gasteiger charge is 2.38. The van der Waals surface area contributed by atoms with Crippen molar-refractivity contribution in [1.82, 2.24) is 20.1 Å². The molecule has 1 N–H and O–H groups in total. The minimum Gasteiger partial charge on any atom is -0.451 e. The van der Waals surface area contributed by atoms with E-state index in [4.69, 9.17) is 16.3 Å². The second kappa shape index (κ2) is 8.71. The molecule has 1 aromatic heterocycles. The summed E-state index contributed by atoms with van der Waals surface area (Å²) in [5.41, 5.74) is -1.26. The number of hydrogen-bond donors (Lipinski definition) is 1. The first-order chi connectivity index (χ1) is 15.5. The molecular formula is C21H14ClF5N4OS. The Labute approximate surface area is 193 Å². The van der Waals surface area contributed by atoms with Crippen LogP contribution in [0.3, 0.4) is 0 Å². The normalized spacial score (nSPS) is 18.1. The van der Waals surface area contributed by atoms with Gasteiger partial charge in [0.15, 0.2) is 11.0 Å². The van der Waals surface area contributed by atoms with Crippen LogP contribution in [-0.4, -0.2) is 26.1 Å². The third-order valence-electron chi connectivity index (χ3n) is 4.42. The molecule has 0 bridgehead atoms. The first-order valence-corrected chi connectivity index (χ1v) is 10.5.